The van der Waals surface area contributed by atoms with E-state index in [1.54, 1.807) is 12.1 Å². The van der Waals surface area contributed by atoms with E-state index in [0.717, 1.165) is 16.7 Å². The van der Waals surface area contributed by atoms with Gasteiger partial charge in [-0.25, -0.2) is 0 Å². The summed E-state index contributed by atoms with van der Waals surface area (Å²) in [5.41, 5.74) is 3.13. The van der Waals surface area contributed by atoms with Crippen LogP contribution in [-0.2, 0) is 0 Å². The summed E-state index contributed by atoms with van der Waals surface area (Å²) in [4.78, 5) is 12.1. The van der Waals surface area contributed by atoms with Crippen molar-refractivity contribution < 1.29 is 14.3 Å². The van der Waals surface area contributed by atoms with Gasteiger partial charge in [0.05, 0.1) is 6.26 Å². The summed E-state index contributed by atoms with van der Waals surface area (Å²) < 4.78 is 5.16. The number of hydrogen-bond acceptors (Lipinski definition) is 3. The van der Waals surface area contributed by atoms with Crippen molar-refractivity contribution >= 4 is 11.6 Å². The van der Waals surface area contributed by atoms with Crippen LogP contribution < -0.4 is 5.32 Å². The Hall–Kier alpha value is -2.51. The zero-order chi connectivity index (χ0) is 14.5. The smallest absolute Gasteiger partial charge is 0.291 e. The van der Waals surface area contributed by atoms with Gasteiger partial charge < -0.3 is 14.8 Å². The number of anilines is 1. The molecular formula is C16H15NO3. The van der Waals surface area contributed by atoms with E-state index in [0.29, 0.717) is 11.4 Å². The second-order valence-corrected chi connectivity index (χ2v) is 4.38. The Bertz CT molecular complexity index is 689. The number of hydrogen-bond donors (Lipinski definition) is 2. The maximum Gasteiger partial charge on any atom is 0.291 e. The Kier molecular flexibility index (Phi) is 4.24. The van der Waals surface area contributed by atoms with Gasteiger partial charge in [0.15, 0.2) is 5.76 Å². The molecule has 0 aliphatic rings. The predicted octanol–water partition coefficient (Wildman–Crippen LogP) is 2.49. The first-order chi connectivity index (χ1) is 9.61. The molecule has 102 valence electrons. The highest BCUT2D eigenvalue weighted by Crippen LogP contribution is 2.18. The lowest BCUT2D eigenvalue weighted by Gasteiger charge is -2.08. The molecule has 0 saturated carbocycles. The molecule has 4 nitrogen and oxygen atoms in total. The molecule has 20 heavy (non-hydrogen) atoms. The van der Waals surface area contributed by atoms with E-state index >= 15 is 0 Å². The van der Waals surface area contributed by atoms with Gasteiger partial charge in [-0.05, 0) is 37.6 Å². The van der Waals surface area contributed by atoms with Crippen molar-refractivity contribution in [1.82, 2.24) is 0 Å². The highest BCUT2D eigenvalue weighted by Gasteiger charge is 2.13. The summed E-state index contributed by atoms with van der Waals surface area (Å²) in [5, 5.41) is 11.5. The SMILES string of the molecule is Cc1ccc(C#CCO)cc1NC(=O)c1occc1C. The molecular weight excluding hydrogens is 254 g/mol. The Morgan fingerprint density at radius 2 is 2.10 bits per heavy atom. The van der Waals surface area contributed by atoms with Crippen molar-refractivity contribution in [3.63, 3.8) is 0 Å². The molecule has 4 heteroatoms. The van der Waals surface area contributed by atoms with Crippen molar-refractivity contribution in [3.8, 4) is 11.8 Å². The second-order valence-electron chi connectivity index (χ2n) is 4.38. The van der Waals surface area contributed by atoms with Gasteiger partial charge in [0.1, 0.15) is 6.61 Å². The molecule has 2 N–H and O–H groups in total. The van der Waals surface area contributed by atoms with Gasteiger partial charge in [-0.1, -0.05) is 17.9 Å². The number of carbonyl (C=O) groups is 1. The van der Waals surface area contributed by atoms with E-state index in [2.05, 4.69) is 17.2 Å². The molecule has 1 amide bonds. The molecule has 0 spiro atoms. The van der Waals surface area contributed by atoms with Crippen LogP contribution in [0.5, 0.6) is 0 Å². The minimum atomic E-state index is -0.289. The molecule has 1 heterocycles. The first kappa shape index (κ1) is 13.9. The average Bonchev–Trinajstić information content (AvgIpc) is 2.86. The maximum absolute atomic E-state index is 12.1. The van der Waals surface area contributed by atoms with Gasteiger partial charge in [-0.2, -0.15) is 0 Å². The molecule has 2 rings (SSSR count). The van der Waals surface area contributed by atoms with Crippen LogP contribution in [-0.4, -0.2) is 17.6 Å². The lowest BCUT2D eigenvalue weighted by Crippen LogP contribution is -2.13. The average molecular weight is 269 g/mol. The van der Waals surface area contributed by atoms with Gasteiger partial charge in [-0.3, -0.25) is 4.79 Å². The van der Waals surface area contributed by atoms with Crippen LogP contribution in [0.2, 0.25) is 0 Å². The molecule has 0 radical (unpaired) electrons. The molecule has 1 aromatic heterocycles. The largest absolute Gasteiger partial charge is 0.459 e. The van der Waals surface area contributed by atoms with E-state index in [9.17, 15) is 4.79 Å². The quantitative estimate of drug-likeness (QED) is 0.823. The van der Waals surface area contributed by atoms with Gasteiger partial charge in [0.2, 0.25) is 0 Å². The number of nitrogens with one attached hydrogen (secondary N) is 1. The normalized spacial score (nSPS) is 9.75. The van der Waals surface area contributed by atoms with Crippen molar-refractivity contribution in [2.45, 2.75) is 13.8 Å². The third-order valence-corrected chi connectivity index (χ3v) is 2.87. The highest BCUT2D eigenvalue weighted by atomic mass is 16.3. The second kappa shape index (κ2) is 6.09. The third kappa shape index (κ3) is 3.08. The Labute approximate surface area is 117 Å². The van der Waals surface area contributed by atoms with Crippen molar-refractivity contribution in [2.24, 2.45) is 0 Å². The monoisotopic (exact) mass is 269 g/mol. The van der Waals surface area contributed by atoms with Crippen LogP contribution in [0.15, 0.2) is 34.9 Å². The number of aliphatic hydroxyl groups is 1. The molecule has 0 unspecified atom stereocenters. The predicted molar refractivity (Wildman–Crippen MR) is 76.5 cm³/mol. The lowest BCUT2D eigenvalue weighted by molar-refractivity contribution is 0.0996. The van der Waals surface area contributed by atoms with Gasteiger partial charge in [0.25, 0.3) is 5.91 Å². The number of aliphatic hydroxyl groups excluding tert-OH is 1. The van der Waals surface area contributed by atoms with E-state index in [1.165, 1.54) is 6.26 Å². The van der Waals surface area contributed by atoms with Gasteiger partial charge >= 0.3 is 0 Å². The van der Waals surface area contributed by atoms with Gasteiger partial charge in [-0.15, -0.1) is 0 Å². The van der Waals surface area contributed by atoms with Crippen molar-refractivity contribution in [2.75, 3.05) is 11.9 Å². The molecule has 0 fully saturated rings. The van der Waals surface area contributed by atoms with E-state index in [-0.39, 0.29) is 12.5 Å². The first-order valence-corrected chi connectivity index (χ1v) is 6.17. The number of benzene rings is 1. The lowest BCUT2D eigenvalue weighted by atomic mass is 10.1. The molecule has 0 atom stereocenters. The summed E-state index contributed by atoms with van der Waals surface area (Å²) in [6.45, 7) is 3.52. The van der Waals surface area contributed by atoms with Crippen LogP contribution in [0.4, 0.5) is 5.69 Å². The standard InChI is InChI=1S/C16H15NO3/c1-11-5-6-13(4-3-8-18)10-14(11)17-16(19)15-12(2)7-9-20-15/h5-7,9-10,18H,8H2,1-2H3,(H,17,19). The van der Waals surface area contributed by atoms with E-state index in [4.69, 9.17) is 9.52 Å². The van der Waals surface area contributed by atoms with Crippen LogP contribution in [0.25, 0.3) is 0 Å². The Morgan fingerprint density at radius 1 is 1.30 bits per heavy atom. The molecule has 2 aromatic rings. The summed E-state index contributed by atoms with van der Waals surface area (Å²) in [7, 11) is 0. The number of furan rings is 1. The highest BCUT2D eigenvalue weighted by molar-refractivity contribution is 6.03. The van der Waals surface area contributed by atoms with Crippen LogP contribution in [0, 0.1) is 25.7 Å². The zero-order valence-corrected chi connectivity index (χ0v) is 11.4. The molecule has 0 bridgehead atoms. The fraction of sp³-hybridized carbons (Fsp3) is 0.188. The minimum Gasteiger partial charge on any atom is -0.459 e. The third-order valence-electron chi connectivity index (χ3n) is 2.87. The van der Waals surface area contributed by atoms with E-state index < -0.39 is 0 Å². The maximum atomic E-state index is 12.1. The Balaban J connectivity index is 2.25. The van der Waals surface area contributed by atoms with Crippen molar-refractivity contribution in [3.05, 3.63) is 53.0 Å². The minimum absolute atomic E-state index is 0.193. The van der Waals surface area contributed by atoms with E-state index in [1.807, 2.05) is 26.0 Å². The molecule has 0 aliphatic heterocycles. The number of aryl methyl sites for hydroxylation is 2. The number of amides is 1. The fourth-order valence-corrected chi connectivity index (χ4v) is 1.76. The summed E-state index contributed by atoms with van der Waals surface area (Å²) in [6, 6.07) is 7.22. The van der Waals surface area contributed by atoms with Gasteiger partial charge in [0, 0.05) is 16.8 Å². The van der Waals surface area contributed by atoms with Crippen LogP contribution in [0.3, 0.4) is 0 Å². The van der Waals surface area contributed by atoms with Crippen LogP contribution in [0.1, 0.15) is 27.2 Å². The summed E-state index contributed by atoms with van der Waals surface area (Å²) in [6.07, 6.45) is 1.49. The fourth-order valence-electron chi connectivity index (χ4n) is 1.76. The Morgan fingerprint density at radius 3 is 2.75 bits per heavy atom. The summed E-state index contributed by atoms with van der Waals surface area (Å²) in [5.74, 6) is 5.40. The number of rotatable bonds is 2. The topological polar surface area (TPSA) is 62.5 Å². The molecule has 0 saturated heterocycles. The number of carbonyl (C=O) groups excluding carboxylic acids is 1. The molecule has 1 aromatic carbocycles. The molecule has 0 aliphatic carbocycles. The van der Waals surface area contributed by atoms with Crippen LogP contribution >= 0.6 is 0 Å². The summed E-state index contributed by atoms with van der Waals surface area (Å²) >= 11 is 0. The van der Waals surface area contributed by atoms with Crippen molar-refractivity contribution in [1.29, 1.82) is 0 Å². The zero-order valence-electron chi connectivity index (χ0n) is 11.4. The first-order valence-electron chi connectivity index (χ1n) is 6.17.